The van der Waals surface area contributed by atoms with E-state index in [9.17, 15) is 8.42 Å². The maximum absolute atomic E-state index is 12.2. The fourth-order valence-corrected chi connectivity index (χ4v) is 3.27. The molecule has 1 aromatic carbocycles. The molecule has 0 amide bonds. The van der Waals surface area contributed by atoms with Gasteiger partial charge in [0.2, 0.25) is 10.0 Å². The summed E-state index contributed by atoms with van der Waals surface area (Å²) in [5.41, 5.74) is 1.60. The number of para-hydroxylation sites is 1. The topological polar surface area (TPSA) is 58.2 Å². The van der Waals surface area contributed by atoms with Crippen molar-refractivity contribution in [1.29, 1.82) is 0 Å². The minimum absolute atomic E-state index is 0.0954. The summed E-state index contributed by atoms with van der Waals surface area (Å²) in [6, 6.07) is 7.59. The van der Waals surface area contributed by atoms with E-state index < -0.39 is 10.0 Å². The number of hydrogen-bond acceptors (Lipinski definition) is 3. The Hall–Kier alpha value is -1.07. The molecule has 0 fully saturated rings. The second kappa shape index (κ2) is 7.80. The van der Waals surface area contributed by atoms with Crippen molar-refractivity contribution in [3.63, 3.8) is 0 Å². The van der Waals surface area contributed by atoms with Crippen LogP contribution in [0.5, 0.6) is 0 Å². The van der Waals surface area contributed by atoms with Gasteiger partial charge in [-0.1, -0.05) is 45.9 Å². The minimum Gasteiger partial charge on any atom is -0.317 e. The highest BCUT2D eigenvalue weighted by atomic mass is 32.2. The van der Waals surface area contributed by atoms with Crippen molar-refractivity contribution in [3.8, 4) is 0 Å². The molecule has 0 aliphatic carbocycles. The minimum atomic E-state index is -3.29. The Morgan fingerprint density at radius 2 is 1.76 bits per heavy atom. The van der Waals surface area contributed by atoms with Gasteiger partial charge in [0.1, 0.15) is 0 Å². The first-order valence-corrected chi connectivity index (χ1v) is 9.22. The highest BCUT2D eigenvalue weighted by Gasteiger charge is 2.20. The number of sulfonamides is 1. The van der Waals surface area contributed by atoms with Gasteiger partial charge in [-0.15, -0.1) is 0 Å². The van der Waals surface area contributed by atoms with Gasteiger partial charge in [-0.25, -0.2) is 8.42 Å². The normalized spacial score (nSPS) is 12.4. The fraction of sp³-hybridized carbons (Fsp3) is 0.625. The van der Waals surface area contributed by atoms with Gasteiger partial charge >= 0.3 is 0 Å². The Balaban J connectivity index is 2.68. The van der Waals surface area contributed by atoms with E-state index in [1.807, 2.05) is 24.3 Å². The van der Waals surface area contributed by atoms with Gasteiger partial charge in [-0.3, -0.25) is 4.72 Å². The summed E-state index contributed by atoms with van der Waals surface area (Å²) in [6.07, 6.45) is 1.68. The molecular formula is C16H28N2O2S. The molecule has 0 radical (unpaired) electrons. The van der Waals surface area contributed by atoms with Crippen molar-refractivity contribution >= 4 is 15.7 Å². The standard InChI is InChI=1S/C16H28N2O2S/c1-5-11-17-12-8-13-21(19,20)18-15-10-7-6-9-14(15)16(2,3)4/h6-7,9-10,17-18H,5,8,11-13H2,1-4H3. The van der Waals surface area contributed by atoms with Crippen LogP contribution in [0.15, 0.2) is 24.3 Å². The predicted octanol–water partition coefficient (Wildman–Crippen LogP) is 3.12. The zero-order valence-electron chi connectivity index (χ0n) is 13.6. The average molecular weight is 312 g/mol. The molecule has 0 heterocycles. The highest BCUT2D eigenvalue weighted by Crippen LogP contribution is 2.29. The summed E-state index contributed by atoms with van der Waals surface area (Å²) in [5.74, 6) is 0.141. The highest BCUT2D eigenvalue weighted by molar-refractivity contribution is 7.92. The molecule has 0 aliphatic heterocycles. The van der Waals surface area contributed by atoms with Crippen molar-refractivity contribution in [2.75, 3.05) is 23.6 Å². The van der Waals surface area contributed by atoms with E-state index in [-0.39, 0.29) is 11.2 Å². The SMILES string of the molecule is CCCNCCCS(=O)(=O)Nc1ccccc1C(C)(C)C. The molecule has 120 valence electrons. The zero-order valence-corrected chi connectivity index (χ0v) is 14.4. The van der Waals surface area contributed by atoms with E-state index in [1.165, 1.54) is 0 Å². The molecule has 1 aromatic rings. The summed E-state index contributed by atoms with van der Waals surface area (Å²) in [7, 11) is -3.29. The van der Waals surface area contributed by atoms with Crippen LogP contribution in [0.4, 0.5) is 5.69 Å². The number of hydrogen-bond donors (Lipinski definition) is 2. The molecule has 21 heavy (non-hydrogen) atoms. The van der Waals surface area contributed by atoms with Crippen LogP contribution >= 0.6 is 0 Å². The molecule has 0 bridgehead atoms. The van der Waals surface area contributed by atoms with Crippen molar-refractivity contribution in [3.05, 3.63) is 29.8 Å². The Morgan fingerprint density at radius 1 is 1.10 bits per heavy atom. The van der Waals surface area contributed by atoms with Gasteiger partial charge in [-0.2, -0.15) is 0 Å². The van der Waals surface area contributed by atoms with Crippen LogP contribution in [0, 0.1) is 0 Å². The molecule has 0 saturated heterocycles. The van der Waals surface area contributed by atoms with E-state index in [4.69, 9.17) is 0 Å². The second-order valence-electron chi connectivity index (χ2n) is 6.32. The van der Waals surface area contributed by atoms with Crippen LogP contribution < -0.4 is 10.0 Å². The second-order valence-corrected chi connectivity index (χ2v) is 8.16. The first kappa shape index (κ1) is 18.0. The molecule has 0 aromatic heterocycles. The Kier molecular flexibility index (Phi) is 6.68. The summed E-state index contributed by atoms with van der Waals surface area (Å²) in [6.45, 7) is 9.99. The lowest BCUT2D eigenvalue weighted by Crippen LogP contribution is -2.24. The molecule has 1 rings (SSSR count). The first-order valence-electron chi connectivity index (χ1n) is 7.57. The fourth-order valence-electron chi connectivity index (χ4n) is 2.13. The van der Waals surface area contributed by atoms with Gasteiger partial charge in [0.05, 0.1) is 11.4 Å². The lowest BCUT2D eigenvalue weighted by molar-refractivity contribution is 0.587. The summed E-state index contributed by atoms with van der Waals surface area (Å²) in [5, 5.41) is 3.21. The lowest BCUT2D eigenvalue weighted by atomic mass is 9.86. The van der Waals surface area contributed by atoms with Crippen LogP contribution in [0.25, 0.3) is 0 Å². The summed E-state index contributed by atoms with van der Waals surface area (Å²) in [4.78, 5) is 0. The number of nitrogens with one attached hydrogen (secondary N) is 2. The molecule has 0 atom stereocenters. The number of benzene rings is 1. The smallest absolute Gasteiger partial charge is 0.232 e. The predicted molar refractivity (Wildman–Crippen MR) is 90.3 cm³/mol. The quantitative estimate of drug-likeness (QED) is 0.725. The van der Waals surface area contributed by atoms with Gasteiger partial charge < -0.3 is 5.32 Å². The van der Waals surface area contributed by atoms with Gasteiger partial charge in [-0.05, 0) is 43.0 Å². The van der Waals surface area contributed by atoms with E-state index in [1.54, 1.807) is 0 Å². The van der Waals surface area contributed by atoms with Gasteiger partial charge in [0.25, 0.3) is 0 Å². The molecule has 0 unspecified atom stereocenters. The lowest BCUT2D eigenvalue weighted by Gasteiger charge is -2.23. The van der Waals surface area contributed by atoms with Crippen LogP contribution in [0.1, 0.15) is 46.1 Å². The van der Waals surface area contributed by atoms with E-state index in [2.05, 4.69) is 37.7 Å². The van der Waals surface area contributed by atoms with Crippen LogP contribution in [0.2, 0.25) is 0 Å². The Morgan fingerprint density at radius 3 is 2.38 bits per heavy atom. The average Bonchev–Trinajstić information content (AvgIpc) is 2.37. The van der Waals surface area contributed by atoms with Crippen molar-refractivity contribution < 1.29 is 8.42 Å². The van der Waals surface area contributed by atoms with Crippen molar-refractivity contribution in [2.24, 2.45) is 0 Å². The number of rotatable bonds is 8. The Bertz CT molecular complexity index is 533. The van der Waals surface area contributed by atoms with Gasteiger partial charge in [0, 0.05) is 0 Å². The molecule has 4 nitrogen and oxygen atoms in total. The largest absolute Gasteiger partial charge is 0.317 e. The Labute approximate surface area is 129 Å². The van der Waals surface area contributed by atoms with Crippen LogP contribution in [-0.4, -0.2) is 27.3 Å². The molecule has 5 heteroatoms. The summed E-state index contributed by atoms with van der Waals surface area (Å²) >= 11 is 0. The summed E-state index contributed by atoms with van der Waals surface area (Å²) < 4.78 is 27.1. The van der Waals surface area contributed by atoms with Crippen LogP contribution in [0.3, 0.4) is 0 Å². The van der Waals surface area contributed by atoms with Crippen molar-refractivity contribution in [2.45, 2.75) is 46.0 Å². The van der Waals surface area contributed by atoms with E-state index in [0.717, 1.165) is 25.1 Å². The molecule has 0 aliphatic rings. The third-order valence-electron chi connectivity index (χ3n) is 3.19. The van der Waals surface area contributed by atoms with Crippen LogP contribution in [-0.2, 0) is 15.4 Å². The third-order valence-corrected chi connectivity index (χ3v) is 4.55. The molecular weight excluding hydrogens is 284 g/mol. The van der Waals surface area contributed by atoms with E-state index >= 15 is 0 Å². The van der Waals surface area contributed by atoms with Crippen molar-refractivity contribution in [1.82, 2.24) is 5.32 Å². The number of anilines is 1. The van der Waals surface area contributed by atoms with Gasteiger partial charge in [0.15, 0.2) is 0 Å². The first-order chi connectivity index (χ1) is 9.76. The molecule has 0 saturated carbocycles. The maximum atomic E-state index is 12.2. The molecule has 0 spiro atoms. The maximum Gasteiger partial charge on any atom is 0.232 e. The zero-order chi connectivity index (χ0) is 15.9. The third kappa shape index (κ3) is 6.48. The van der Waals surface area contributed by atoms with E-state index in [0.29, 0.717) is 12.1 Å². The monoisotopic (exact) mass is 312 g/mol. The molecule has 2 N–H and O–H groups in total.